The fourth-order valence-corrected chi connectivity index (χ4v) is 4.74. The Morgan fingerprint density at radius 1 is 1.06 bits per heavy atom. The minimum absolute atomic E-state index is 0.00949. The molecule has 2 aliphatic rings. The van der Waals surface area contributed by atoms with Crippen LogP contribution in [0.25, 0.3) is 5.76 Å². The van der Waals surface area contributed by atoms with Crippen molar-refractivity contribution in [3.63, 3.8) is 0 Å². The number of hydrogen-bond acceptors (Lipinski definition) is 7. The molecule has 2 saturated heterocycles. The SMILES string of the molecule is COc1cccc(C2/C(=C(/O)c3ccc(Cl)cc3)C(=O)C(=O)N2CCCN2CCOCC2)c1OC. The molecule has 0 spiro atoms. The Morgan fingerprint density at radius 3 is 2.43 bits per heavy atom. The number of hydrogen-bond donors (Lipinski definition) is 1. The molecule has 2 aromatic carbocycles. The molecule has 2 aliphatic heterocycles. The Labute approximate surface area is 209 Å². The number of aliphatic hydroxyl groups excluding tert-OH is 1. The minimum Gasteiger partial charge on any atom is -0.507 e. The van der Waals surface area contributed by atoms with Gasteiger partial charge in [-0.05, 0) is 36.8 Å². The molecule has 2 fully saturated rings. The number of morpholine rings is 1. The van der Waals surface area contributed by atoms with E-state index in [4.69, 9.17) is 25.8 Å². The zero-order valence-corrected chi connectivity index (χ0v) is 20.6. The number of ether oxygens (including phenoxy) is 3. The van der Waals surface area contributed by atoms with Gasteiger partial charge in [-0.25, -0.2) is 0 Å². The molecule has 4 rings (SSSR count). The average molecular weight is 501 g/mol. The molecular weight excluding hydrogens is 472 g/mol. The average Bonchev–Trinajstić information content (AvgIpc) is 3.13. The number of likely N-dealkylation sites (tertiary alicyclic amines) is 1. The highest BCUT2D eigenvalue weighted by molar-refractivity contribution is 6.46. The molecule has 0 aliphatic carbocycles. The van der Waals surface area contributed by atoms with Gasteiger partial charge in [0, 0.05) is 42.3 Å². The monoisotopic (exact) mass is 500 g/mol. The Morgan fingerprint density at radius 2 is 1.77 bits per heavy atom. The molecule has 35 heavy (non-hydrogen) atoms. The van der Waals surface area contributed by atoms with Gasteiger partial charge in [-0.15, -0.1) is 0 Å². The van der Waals surface area contributed by atoms with Crippen molar-refractivity contribution in [2.45, 2.75) is 12.5 Å². The van der Waals surface area contributed by atoms with E-state index in [1.807, 2.05) is 0 Å². The standard InChI is InChI=1S/C26H29ClN2O6/c1-33-20-6-3-5-19(25(20)34-2)22-21(23(30)17-7-9-18(27)10-8-17)24(31)26(32)29(22)12-4-11-28-13-15-35-16-14-28/h3,5-10,22,30H,4,11-16H2,1-2H3/b23-21-. The van der Waals surface area contributed by atoms with Gasteiger partial charge < -0.3 is 24.2 Å². The van der Waals surface area contributed by atoms with Crippen molar-refractivity contribution in [3.8, 4) is 11.5 Å². The Bertz CT molecular complexity index is 1110. The van der Waals surface area contributed by atoms with E-state index in [1.165, 1.54) is 19.1 Å². The zero-order valence-electron chi connectivity index (χ0n) is 19.8. The maximum Gasteiger partial charge on any atom is 0.295 e. The van der Waals surface area contributed by atoms with E-state index in [9.17, 15) is 14.7 Å². The number of carbonyl (C=O) groups is 2. The third-order valence-electron chi connectivity index (χ3n) is 6.36. The van der Waals surface area contributed by atoms with Gasteiger partial charge in [0.2, 0.25) is 0 Å². The number of nitrogens with zero attached hydrogens (tertiary/aromatic N) is 2. The second-order valence-electron chi connectivity index (χ2n) is 8.39. The van der Waals surface area contributed by atoms with Gasteiger partial charge in [0.05, 0.1) is 39.0 Å². The number of para-hydroxylation sites is 1. The molecule has 2 heterocycles. The lowest BCUT2D eigenvalue weighted by Crippen LogP contribution is -2.39. The predicted molar refractivity (Wildman–Crippen MR) is 132 cm³/mol. The van der Waals surface area contributed by atoms with Crippen LogP contribution < -0.4 is 9.47 Å². The fraction of sp³-hybridized carbons (Fsp3) is 0.385. The van der Waals surface area contributed by atoms with Crippen LogP contribution in [0, 0.1) is 0 Å². The number of rotatable bonds is 8. The summed E-state index contributed by atoms with van der Waals surface area (Å²) >= 11 is 6.00. The molecule has 1 atom stereocenters. The first-order chi connectivity index (χ1) is 17.0. The van der Waals surface area contributed by atoms with Gasteiger partial charge in [-0.1, -0.05) is 23.7 Å². The van der Waals surface area contributed by atoms with E-state index >= 15 is 0 Å². The molecule has 1 N–H and O–H groups in total. The summed E-state index contributed by atoms with van der Waals surface area (Å²) in [5.74, 6) is -0.779. The quantitative estimate of drug-likeness (QED) is 0.337. The van der Waals surface area contributed by atoms with Crippen molar-refractivity contribution in [3.05, 3.63) is 64.2 Å². The highest BCUT2D eigenvalue weighted by atomic mass is 35.5. The summed E-state index contributed by atoms with van der Waals surface area (Å²) in [6, 6.07) is 10.9. The van der Waals surface area contributed by atoms with Crippen LogP contribution in [0.2, 0.25) is 5.02 Å². The molecule has 0 aromatic heterocycles. The number of carbonyl (C=O) groups excluding carboxylic acids is 2. The molecule has 186 valence electrons. The van der Waals surface area contributed by atoms with E-state index in [-0.39, 0.29) is 11.3 Å². The topological polar surface area (TPSA) is 88.5 Å². The molecule has 0 bridgehead atoms. The van der Waals surface area contributed by atoms with E-state index < -0.39 is 17.7 Å². The second-order valence-corrected chi connectivity index (χ2v) is 8.83. The summed E-state index contributed by atoms with van der Waals surface area (Å²) in [5, 5.41) is 11.7. The van der Waals surface area contributed by atoms with Gasteiger partial charge in [0.15, 0.2) is 11.5 Å². The van der Waals surface area contributed by atoms with Crippen molar-refractivity contribution in [2.24, 2.45) is 0 Å². The summed E-state index contributed by atoms with van der Waals surface area (Å²) in [5.41, 5.74) is 0.968. The molecule has 9 heteroatoms. The first-order valence-electron chi connectivity index (χ1n) is 11.5. The van der Waals surface area contributed by atoms with Gasteiger partial charge in [-0.3, -0.25) is 14.5 Å². The lowest BCUT2D eigenvalue weighted by atomic mass is 9.94. The van der Waals surface area contributed by atoms with Crippen LogP contribution in [-0.4, -0.2) is 80.2 Å². The number of Topliss-reactive ketones (excluding diaryl/α,β-unsaturated/α-hetero) is 1. The largest absolute Gasteiger partial charge is 0.507 e. The predicted octanol–water partition coefficient (Wildman–Crippen LogP) is 3.50. The molecule has 2 aromatic rings. The van der Waals surface area contributed by atoms with Crippen molar-refractivity contribution in [2.75, 3.05) is 53.6 Å². The third-order valence-corrected chi connectivity index (χ3v) is 6.61. The summed E-state index contributed by atoms with van der Waals surface area (Å²) in [6.45, 7) is 4.15. The summed E-state index contributed by atoms with van der Waals surface area (Å²) in [4.78, 5) is 30.3. The van der Waals surface area contributed by atoms with E-state index in [0.717, 1.165) is 19.6 Å². The Kier molecular flexibility index (Phi) is 7.95. The van der Waals surface area contributed by atoms with Crippen LogP contribution >= 0.6 is 11.6 Å². The summed E-state index contributed by atoms with van der Waals surface area (Å²) in [7, 11) is 3.03. The third kappa shape index (κ3) is 5.15. The van der Waals surface area contributed by atoms with Gasteiger partial charge in [0.25, 0.3) is 11.7 Å². The zero-order chi connectivity index (χ0) is 24.9. The summed E-state index contributed by atoms with van der Waals surface area (Å²) < 4.78 is 16.5. The van der Waals surface area contributed by atoms with Crippen LogP contribution in [0.4, 0.5) is 0 Å². The molecular formula is C26H29ClN2O6. The minimum atomic E-state index is -0.833. The highest BCUT2D eigenvalue weighted by Crippen LogP contribution is 2.45. The lowest BCUT2D eigenvalue weighted by molar-refractivity contribution is -0.140. The molecule has 1 amide bonds. The van der Waals surface area contributed by atoms with Crippen LogP contribution in [-0.2, 0) is 14.3 Å². The number of halogens is 1. The number of benzene rings is 2. The summed E-state index contributed by atoms with van der Waals surface area (Å²) in [6.07, 6.45) is 0.663. The lowest BCUT2D eigenvalue weighted by Gasteiger charge is -2.29. The van der Waals surface area contributed by atoms with Crippen LogP contribution in [0.5, 0.6) is 11.5 Å². The van der Waals surface area contributed by atoms with Gasteiger partial charge >= 0.3 is 0 Å². The van der Waals surface area contributed by atoms with Crippen molar-refractivity contribution in [1.82, 2.24) is 9.80 Å². The van der Waals surface area contributed by atoms with Crippen molar-refractivity contribution < 1.29 is 28.9 Å². The van der Waals surface area contributed by atoms with Gasteiger partial charge in [0.1, 0.15) is 5.76 Å². The number of amides is 1. The van der Waals surface area contributed by atoms with E-state index in [0.29, 0.717) is 53.8 Å². The Hall–Kier alpha value is -3.07. The fourth-order valence-electron chi connectivity index (χ4n) is 4.61. The van der Waals surface area contributed by atoms with E-state index in [2.05, 4.69) is 4.90 Å². The highest BCUT2D eigenvalue weighted by Gasteiger charge is 2.47. The van der Waals surface area contributed by atoms with Crippen molar-refractivity contribution >= 4 is 29.1 Å². The second kappa shape index (κ2) is 11.1. The number of methoxy groups -OCH3 is 2. The van der Waals surface area contributed by atoms with Crippen molar-refractivity contribution in [1.29, 1.82) is 0 Å². The van der Waals surface area contributed by atoms with Crippen LogP contribution in [0.1, 0.15) is 23.6 Å². The maximum absolute atomic E-state index is 13.3. The normalized spacial score (nSPS) is 20.3. The number of aliphatic hydroxyl groups is 1. The maximum atomic E-state index is 13.3. The van der Waals surface area contributed by atoms with Crippen LogP contribution in [0.3, 0.4) is 0 Å². The van der Waals surface area contributed by atoms with Gasteiger partial charge in [-0.2, -0.15) is 0 Å². The van der Waals surface area contributed by atoms with Crippen LogP contribution in [0.15, 0.2) is 48.0 Å². The number of ketones is 1. The smallest absolute Gasteiger partial charge is 0.295 e. The first kappa shape index (κ1) is 25.0. The first-order valence-corrected chi connectivity index (χ1v) is 11.9. The molecule has 1 unspecified atom stereocenters. The Balaban J connectivity index is 1.75. The molecule has 0 saturated carbocycles. The van der Waals surface area contributed by atoms with E-state index in [1.54, 1.807) is 42.5 Å². The molecule has 0 radical (unpaired) electrons. The molecule has 8 nitrogen and oxygen atoms in total.